The smallest absolute Gasteiger partial charge is 0.251 e. The Balaban J connectivity index is 2.03. The summed E-state index contributed by atoms with van der Waals surface area (Å²) in [6, 6.07) is 12.5. The van der Waals surface area contributed by atoms with Gasteiger partial charge in [-0.05, 0) is 43.2 Å². The fourth-order valence-corrected chi connectivity index (χ4v) is 2.29. The predicted octanol–water partition coefficient (Wildman–Crippen LogP) is 2.86. The fraction of sp³-hybridized carbons (Fsp3) is 0.316. The van der Waals surface area contributed by atoms with Gasteiger partial charge in [0.15, 0.2) is 11.5 Å². The molecule has 2 N–H and O–H groups in total. The van der Waals surface area contributed by atoms with Gasteiger partial charge in [0, 0.05) is 12.1 Å². The van der Waals surface area contributed by atoms with E-state index in [4.69, 9.17) is 9.47 Å². The van der Waals surface area contributed by atoms with E-state index in [0.717, 1.165) is 11.1 Å². The van der Waals surface area contributed by atoms with Gasteiger partial charge in [0.1, 0.15) is 0 Å². The number of carbonyl (C=O) groups excluding carboxylic acids is 1. The molecular formula is C19H23NO4. The molecule has 5 heteroatoms. The molecule has 2 rings (SSSR count). The summed E-state index contributed by atoms with van der Waals surface area (Å²) in [6.07, 6.45) is 0. The SMILES string of the molecule is COc1ccc(C(=O)NCc2ccc(C(C)(C)O)cc2)cc1OC. The van der Waals surface area contributed by atoms with Crippen molar-refractivity contribution < 1.29 is 19.4 Å². The Morgan fingerprint density at radius 1 is 1.04 bits per heavy atom. The minimum Gasteiger partial charge on any atom is -0.493 e. The normalized spacial score (nSPS) is 11.0. The van der Waals surface area contributed by atoms with Crippen molar-refractivity contribution in [3.63, 3.8) is 0 Å². The van der Waals surface area contributed by atoms with Crippen LogP contribution in [0.1, 0.15) is 35.3 Å². The molecule has 5 nitrogen and oxygen atoms in total. The molecule has 2 aromatic carbocycles. The van der Waals surface area contributed by atoms with Gasteiger partial charge in [0.2, 0.25) is 0 Å². The molecule has 0 aromatic heterocycles. The van der Waals surface area contributed by atoms with Crippen molar-refractivity contribution in [3.05, 3.63) is 59.2 Å². The van der Waals surface area contributed by atoms with Crippen molar-refractivity contribution in [2.24, 2.45) is 0 Å². The van der Waals surface area contributed by atoms with Crippen LogP contribution in [-0.2, 0) is 12.1 Å². The van der Waals surface area contributed by atoms with E-state index in [1.807, 2.05) is 24.3 Å². The predicted molar refractivity (Wildman–Crippen MR) is 92.4 cm³/mol. The Hall–Kier alpha value is -2.53. The zero-order valence-corrected chi connectivity index (χ0v) is 14.4. The monoisotopic (exact) mass is 329 g/mol. The molecule has 24 heavy (non-hydrogen) atoms. The molecule has 0 atom stereocenters. The Bertz CT molecular complexity index is 702. The van der Waals surface area contributed by atoms with Gasteiger partial charge >= 0.3 is 0 Å². The summed E-state index contributed by atoms with van der Waals surface area (Å²) < 4.78 is 10.4. The summed E-state index contributed by atoms with van der Waals surface area (Å²) in [6.45, 7) is 3.88. The average Bonchev–Trinajstić information content (AvgIpc) is 2.58. The maximum atomic E-state index is 12.3. The van der Waals surface area contributed by atoms with Gasteiger partial charge in [-0.25, -0.2) is 0 Å². The van der Waals surface area contributed by atoms with Crippen LogP contribution in [-0.4, -0.2) is 25.2 Å². The van der Waals surface area contributed by atoms with E-state index in [9.17, 15) is 9.90 Å². The third kappa shape index (κ3) is 4.26. The summed E-state index contributed by atoms with van der Waals surface area (Å²) in [5.74, 6) is 0.901. The Kier molecular flexibility index (Phi) is 5.46. The fourth-order valence-electron chi connectivity index (χ4n) is 2.29. The summed E-state index contributed by atoms with van der Waals surface area (Å²) >= 11 is 0. The molecule has 0 aliphatic heterocycles. The Morgan fingerprint density at radius 2 is 1.67 bits per heavy atom. The van der Waals surface area contributed by atoms with Gasteiger partial charge in [-0.2, -0.15) is 0 Å². The standard InChI is InChI=1S/C19H23NO4/c1-19(2,22)15-8-5-13(6-9-15)12-20-18(21)14-7-10-16(23-3)17(11-14)24-4/h5-11,22H,12H2,1-4H3,(H,20,21). The van der Waals surface area contributed by atoms with E-state index in [1.165, 1.54) is 7.11 Å². The molecule has 0 unspecified atom stereocenters. The second-order valence-electron chi connectivity index (χ2n) is 6.01. The summed E-state index contributed by atoms with van der Waals surface area (Å²) in [4.78, 5) is 12.3. The second-order valence-corrected chi connectivity index (χ2v) is 6.01. The molecule has 0 radical (unpaired) electrons. The maximum Gasteiger partial charge on any atom is 0.251 e. The third-order valence-corrected chi connectivity index (χ3v) is 3.76. The quantitative estimate of drug-likeness (QED) is 0.855. The highest BCUT2D eigenvalue weighted by Crippen LogP contribution is 2.27. The van der Waals surface area contributed by atoms with Crippen LogP contribution in [0, 0.1) is 0 Å². The lowest BCUT2D eigenvalue weighted by Crippen LogP contribution is -2.23. The molecular weight excluding hydrogens is 306 g/mol. The maximum absolute atomic E-state index is 12.3. The Labute approximate surface area is 142 Å². The molecule has 0 bridgehead atoms. The van der Waals surface area contributed by atoms with Crippen molar-refractivity contribution in [1.29, 1.82) is 0 Å². The van der Waals surface area contributed by atoms with E-state index in [0.29, 0.717) is 23.6 Å². The minimum atomic E-state index is -0.874. The zero-order chi connectivity index (χ0) is 17.7. The van der Waals surface area contributed by atoms with Crippen LogP contribution in [0.2, 0.25) is 0 Å². The number of hydrogen-bond donors (Lipinski definition) is 2. The van der Waals surface area contributed by atoms with E-state index in [-0.39, 0.29) is 5.91 Å². The molecule has 0 fully saturated rings. The largest absolute Gasteiger partial charge is 0.493 e. The molecule has 0 heterocycles. The summed E-state index contributed by atoms with van der Waals surface area (Å²) in [7, 11) is 3.08. The first-order chi connectivity index (χ1) is 11.3. The lowest BCUT2D eigenvalue weighted by atomic mass is 9.97. The van der Waals surface area contributed by atoms with Crippen LogP contribution >= 0.6 is 0 Å². The number of amides is 1. The first kappa shape index (κ1) is 17.8. The zero-order valence-electron chi connectivity index (χ0n) is 14.4. The highest BCUT2D eigenvalue weighted by atomic mass is 16.5. The van der Waals surface area contributed by atoms with Crippen LogP contribution in [0.25, 0.3) is 0 Å². The van der Waals surface area contributed by atoms with Crippen molar-refractivity contribution in [2.45, 2.75) is 26.0 Å². The molecule has 0 saturated heterocycles. The first-order valence-electron chi connectivity index (χ1n) is 7.67. The van der Waals surface area contributed by atoms with Crippen molar-refractivity contribution in [2.75, 3.05) is 14.2 Å². The van der Waals surface area contributed by atoms with Gasteiger partial charge in [-0.1, -0.05) is 24.3 Å². The number of nitrogens with one attached hydrogen (secondary N) is 1. The average molecular weight is 329 g/mol. The van der Waals surface area contributed by atoms with Crippen LogP contribution in [0.15, 0.2) is 42.5 Å². The molecule has 2 aromatic rings. The topological polar surface area (TPSA) is 67.8 Å². The van der Waals surface area contributed by atoms with Crippen LogP contribution in [0.5, 0.6) is 11.5 Å². The minimum absolute atomic E-state index is 0.192. The highest BCUT2D eigenvalue weighted by Gasteiger charge is 2.15. The number of benzene rings is 2. The van der Waals surface area contributed by atoms with E-state index < -0.39 is 5.60 Å². The van der Waals surface area contributed by atoms with Gasteiger partial charge in [0.05, 0.1) is 19.8 Å². The van der Waals surface area contributed by atoms with Gasteiger partial charge < -0.3 is 19.9 Å². The molecule has 0 spiro atoms. The van der Waals surface area contributed by atoms with Gasteiger partial charge in [-0.3, -0.25) is 4.79 Å². The molecule has 0 aliphatic carbocycles. The van der Waals surface area contributed by atoms with Crippen LogP contribution < -0.4 is 14.8 Å². The number of ether oxygens (including phenoxy) is 2. The molecule has 0 saturated carbocycles. The number of rotatable bonds is 6. The summed E-state index contributed by atoms with van der Waals surface area (Å²) in [5.41, 5.74) is 1.41. The van der Waals surface area contributed by atoms with Gasteiger partial charge in [0.25, 0.3) is 5.91 Å². The number of methoxy groups -OCH3 is 2. The lowest BCUT2D eigenvalue weighted by molar-refractivity contribution is 0.0785. The van der Waals surface area contributed by atoms with Crippen LogP contribution in [0.4, 0.5) is 0 Å². The number of carbonyl (C=O) groups is 1. The number of hydrogen-bond acceptors (Lipinski definition) is 4. The van der Waals surface area contributed by atoms with Crippen molar-refractivity contribution in [1.82, 2.24) is 5.32 Å². The second kappa shape index (κ2) is 7.36. The molecule has 1 amide bonds. The molecule has 0 aliphatic rings. The highest BCUT2D eigenvalue weighted by molar-refractivity contribution is 5.94. The number of aliphatic hydroxyl groups is 1. The third-order valence-electron chi connectivity index (χ3n) is 3.76. The van der Waals surface area contributed by atoms with Crippen LogP contribution in [0.3, 0.4) is 0 Å². The van der Waals surface area contributed by atoms with Crippen molar-refractivity contribution >= 4 is 5.91 Å². The summed E-state index contributed by atoms with van der Waals surface area (Å²) in [5, 5.41) is 12.8. The first-order valence-corrected chi connectivity index (χ1v) is 7.67. The lowest BCUT2D eigenvalue weighted by Gasteiger charge is -2.18. The van der Waals surface area contributed by atoms with E-state index in [2.05, 4.69) is 5.32 Å². The molecule has 128 valence electrons. The van der Waals surface area contributed by atoms with E-state index >= 15 is 0 Å². The van der Waals surface area contributed by atoms with E-state index in [1.54, 1.807) is 39.2 Å². The van der Waals surface area contributed by atoms with Gasteiger partial charge in [-0.15, -0.1) is 0 Å². The van der Waals surface area contributed by atoms with Crippen molar-refractivity contribution in [3.8, 4) is 11.5 Å². The Morgan fingerprint density at radius 3 is 2.21 bits per heavy atom.